The Morgan fingerprint density at radius 1 is 1.18 bits per heavy atom. The number of carboxylic acid groups (broad SMARTS) is 1. The summed E-state index contributed by atoms with van der Waals surface area (Å²) in [5.74, 6) is 0.352. The summed E-state index contributed by atoms with van der Waals surface area (Å²) in [4.78, 5) is 49.2. The number of rotatable bonds is 15. The van der Waals surface area contributed by atoms with Crippen molar-refractivity contribution in [3.63, 3.8) is 0 Å². The molecule has 0 radical (unpaired) electrons. The molecule has 0 aromatic rings. The Labute approximate surface area is 196 Å². The third-order valence-corrected chi connectivity index (χ3v) is 7.01. The highest BCUT2D eigenvalue weighted by Gasteiger charge is 2.42. The minimum atomic E-state index is -1.29. The van der Waals surface area contributed by atoms with E-state index in [1.54, 1.807) is 0 Å². The van der Waals surface area contributed by atoms with Crippen LogP contribution in [0.2, 0.25) is 0 Å². The largest absolute Gasteiger partial charge is 0.465 e. The molecule has 33 heavy (non-hydrogen) atoms. The van der Waals surface area contributed by atoms with E-state index in [2.05, 4.69) is 36.6 Å². The topological polar surface area (TPSA) is 197 Å². The molecule has 6 N–H and O–H groups in total. The molecule has 14 heteroatoms. The van der Waals surface area contributed by atoms with Gasteiger partial charge in [0.25, 0.3) is 0 Å². The molecule has 2 fully saturated rings. The highest BCUT2D eigenvalue weighted by Crippen LogP contribution is 2.33. The monoisotopic (exact) mass is 484 g/mol. The number of carbonyl (C=O) groups excluding carboxylic acids is 3. The number of azide groups is 1. The van der Waals surface area contributed by atoms with Gasteiger partial charge in [-0.05, 0) is 31.2 Å². The van der Waals surface area contributed by atoms with Gasteiger partial charge in [-0.3, -0.25) is 9.59 Å². The van der Waals surface area contributed by atoms with Gasteiger partial charge in [0, 0.05) is 42.0 Å². The lowest BCUT2D eigenvalue weighted by atomic mass is 10.0. The summed E-state index contributed by atoms with van der Waals surface area (Å²) >= 11 is 1.85. The van der Waals surface area contributed by atoms with Crippen LogP contribution in [0.4, 0.5) is 9.59 Å². The van der Waals surface area contributed by atoms with E-state index in [1.165, 1.54) is 0 Å². The second-order valence-electron chi connectivity index (χ2n) is 7.96. The van der Waals surface area contributed by atoms with Crippen molar-refractivity contribution in [2.45, 2.75) is 68.3 Å². The second-order valence-corrected chi connectivity index (χ2v) is 9.23. The van der Waals surface area contributed by atoms with Crippen molar-refractivity contribution in [3.8, 4) is 0 Å². The Hall–Kier alpha value is -2.86. The van der Waals surface area contributed by atoms with Gasteiger partial charge in [0.15, 0.2) is 0 Å². The van der Waals surface area contributed by atoms with E-state index in [-0.39, 0.29) is 50.1 Å². The molecule has 2 heterocycles. The van der Waals surface area contributed by atoms with E-state index >= 15 is 0 Å². The van der Waals surface area contributed by atoms with Crippen molar-refractivity contribution in [2.75, 3.05) is 25.4 Å². The first kappa shape index (κ1) is 26.4. The fourth-order valence-electron chi connectivity index (χ4n) is 3.87. The zero-order valence-corrected chi connectivity index (χ0v) is 19.2. The van der Waals surface area contributed by atoms with Crippen LogP contribution in [-0.2, 0) is 9.59 Å². The first-order valence-corrected chi connectivity index (χ1v) is 12.2. The summed E-state index contributed by atoms with van der Waals surface area (Å²) in [5, 5.41) is 26.1. The lowest BCUT2D eigenvalue weighted by Gasteiger charge is -2.17. The van der Waals surface area contributed by atoms with Gasteiger partial charge in [-0.15, -0.1) is 0 Å². The Kier molecular flexibility index (Phi) is 11.5. The summed E-state index contributed by atoms with van der Waals surface area (Å²) in [6.07, 6.45) is 3.03. The van der Waals surface area contributed by atoms with Crippen LogP contribution in [0.25, 0.3) is 10.4 Å². The van der Waals surface area contributed by atoms with Gasteiger partial charge in [-0.25, -0.2) is 9.59 Å². The van der Waals surface area contributed by atoms with Gasteiger partial charge in [-0.2, -0.15) is 11.8 Å². The molecule has 0 aromatic carbocycles. The molecule has 184 valence electrons. The molecule has 5 amide bonds. The van der Waals surface area contributed by atoms with E-state index in [9.17, 15) is 19.2 Å². The zero-order valence-electron chi connectivity index (χ0n) is 18.4. The van der Waals surface area contributed by atoms with Crippen LogP contribution in [0.1, 0.15) is 44.9 Å². The predicted octanol–water partition coefficient (Wildman–Crippen LogP) is 1.06. The number of urea groups is 1. The molecule has 0 aromatic heterocycles. The highest BCUT2D eigenvalue weighted by atomic mass is 32.2. The van der Waals surface area contributed by atoms with Crippen LogP contribution in [0, 0.1) is 0 Å². The molecule has 0 spiro atoms. The summed E-state index contributed by atoms with van der Waals surface area (Å²) in [5.41, 5.74) is 8.24. The van der Waals surface area contributed by atoms with Gasteiger partial charge in [-0.1, -0.05) is 18.0 Å². The lowest BCUT2D eigenvalue weighted by Crippen LogP contribution is -2.47. The maximum atomic E-state index is 12.2. The van der Waals surface area contributed by atoms with E-state index < -0.39 is 18.0 Å². The molecule has 2 aliphatic heterocycles. The van der Waals surface area contributed by atoms with Gasteiger partial charge < -0.3 is 31.7 Å². The minimum absolute atomic E-state index is 0.0999. The van der Waals surface area contributed by atoms with Crippen LogP contribution in [0.3, 0.4) is 0 Å². The molecular formula is C19H32N8O5S. The van der Waals surface area contributed by atoms with Crippen molar-refractivity contribution in [3.05, 3.63) is 10.4 Å². The first-order valence-electron chi connectivity index (χ1n) is 11.1. The maximum Gasteiger partial charge on any atom is 0.405 e. The van der Waals surface area contributed by atoms with Crippen molar-refractivity contribution in [2.24, 2.45) is 5.11 Å². The van der Waals surface area contributed by atoms with Gasteiger partial charge in [0.1, 0.15) is 6.04 Å². The number of fused-ring (bicyclic) bond motifs is 1. The number of carbonyl (C=O) groups is 4. The van der Waals surface area contributed by atoms with Gasteiger partial charge >= 0.3 is 12.1 Å². The fourth-order valence-corrected chi connectivity index (χ4v) is 5.41. The number of nitrogens with one attached hydrogen (secondary N) is 5. The summed E-state index contributed by atoms with van der Waals surface area (Å²) in [7, 11) is 0. The quantitative estimate of drug-likeness (QED) is 0.0660. The number of thioether (sulfide) groups is 1. The van der Waals surface area contributed by atoms with Crippen LogP contribution in [0.5, 0.6) is 0 Å². The number of hydrogen-bond acceptors (Lipinski definition) is 6. The molecule has 0 aliphatic carbocycles. The molecule has 2 rings (SSSR count). The number of unbranched alkanes of at least 4 members (excludes halogenated alkanes) is 2. The Balaban J connectivity index is 1.54. The Morgan fingerprint density at radius 3 is 2.73 bits per heavy atom. The van der Waals surface area contributed by atoms with Crippen LogP contribution in [-0.4, -0.2) is 77.8 Å². The third-order valence-electron chi connectivity index (χ3n) is 5.51. The van der Waals surface area contributed by atoms with Crippen molar-refractivity contribution in [1.82, 2.24) is 26.6 Å². The lowest BCUT2D eigenvalue weighted by molar-refractivity contribution is -0.124. The predicted molar refractivity (Wildman–Crippen MR) is 123 cm³/mol. The first-order chi connectivity index (χ1) is 15.9. The van der Waals surface area contributed by atoms with Crippen LogP contribution >= 0.6 is 11.8 Å². The molecule has 2 saturated heterocycles. The molecule has 0 bridgehead atoms. The van der Waals surface area contributed by atoms with Gasteiger partial charge in [0.05, 0.1) is 12.1 Å². The van der Waals surface area contributed by atoms with Crippen molar-refractivity contribution < 1.29 is 24.3 Å². The summed E-state index contributed by atoms with van der Waals surface area (Å²) < 4.78 is 0. The van der Waals surface area contributed by atoms with E-state index in [4.69, 9.17) is 10.6 Å². The zero-order chi connectivity index (χ0) is 24.1. The maximum absolute atomic E-state index is 12.2. The number of nitrogens with zero attached hydrogens (tertiary/aromatic N) is 3. The summed E-state index contributed by atoms with van der Waals surface area (Å²) in [6.45, 7) is 0.731. The molecular weight excluding hydrogens is 452 g/mol. The molecule has 0 saturated carbocycles. The van der Waals surface area contributed by atoms with Crippen molar-refractivity contribution >= 4 is 35.7 Å². The number of amides is 5. The standard InChI is InChI=1S/C19H32N8O5S/c20-27-23-8-4-3-5-12(25-19(31)32)17(29)22-10-9-21-15(28)7-2-1-6-14-16-13(11-33-14)24-18(30)26-16/h12-14,16,25H,1-11H2,(H,21,28)(H,22,29)(H,31,32)(H2,24,26,30). The van der Waals surface area contributed by atoms with Gasteiger partial charge in [0.2, 0.25) is 11.8 Å². The molecule has 13 nitrogen and oxygen atoms in total. The van der Waals surface area contributed by atoms with E-state index in [0.717, 1.165) is 25.0 Å². The Morgan fingerprint density at radius 2 is 1.97 bits per heavy atom. The molecule has 4 unspecified atom stereocenters. The normalized spacial score (nSPS) is 21.7. The average molecular weight is 485 g/mol. The third kappa shape index (κ3) is 9.66. The Bertz CT molecular complexity index is 748. The fraction of sp³-hybridized carbons (Fsp3) is 0.789. The SMILES string of the molecule is [N-]=[N+]=NCCCCC(NC(=O)O)C(=O)NCCNC(=O)CCCCC1SCC2NC(=O)NC21. The van der Waals surface area contributed by atoms with Crippen LogP contribution in [0.15, 0.2) is 5.11 Å². The van der Waals surface area contributed by atoms with E-state index in [1.807, 2.05) is 11.8 Å². The molecule has 2 aliphatic rings. The van der Waals surface area contributed by atoms with Crippen molar-refractivity contribution in [1.29, 1.82) is 0 Å². The van der Waals surface area contributed by atoms with E-state index in [0.29, 0.717) is 24.5 Å². The summed E-state index contributed by atoms with van der Waals surface area (Å²) in [6, 6.07) is -0.631. The number of hydrogen-bond donors (Lipinski definition) is 6. The second kappa shape index (κ2) is 14.3. The molecule has 4 atom stereocenters. The average Bonchev–Trinajstić information content (AvgIpc) is 3.32. The highest BCUT2D eigenvalue weighted by molar-refractivity contribution is 8.00. The van der Waals surface area contributed by atoms with Crippen LogP contribution < -0.4 is 26.6 Å². The minimum Gasteiger partial charge on any atom is -0.465 e. The smallest absolute Gasteiger partial charge is 0.405 e.